The van der Waals surface area contributed by atoms with Crippen LogP contribution in [-0.2, 0) is 11.2 Å². The second-order valence-electron chi connectivity index (χ2n) is 6.60. The Morgan fingerprint density at radius 1 is 1.37 bits per heavy atom. The summed E-state index contributed by atoms with van der Waals surface area (Å²) in [7, 11) is 9.52. The van der Waals surface area contributed by atoms with E-state index in [1.807, 2.05) is 17.9 Å². The van der Waals surface area contributed by atoms with Gasteiger partial charge in [0.1, 0.15) is 18.7 Å². The van der Waals surface area contributed by atoms with E-state index in [9.17, 15) is 4.79 Å². The number of nitrogens with zero attached hydrogens (tertiary/aromatic N) is 3. The Balaban J connectivity index is 2.14. The maximum Gasteiger partial charge on any atom is 0.294 e. The van der Waals surface area contributed by atoms with Gasteiger partial charge in [0.25, 0.3) is 5.56 Å². The SMILES string of the molecule is [B]c1cc(OC)cc2c1N(c1nc(Cl)cn([C@@H](CC)COC)c1=O)CCC2. The molecule has 6 nitrogen and oxygen atoms in total. The van der Waals surface area contributed by atoms with Crippen LogP contribution in [0.3, 0.4) is 0 Å². The number of hydrogen-bond donors (Lipinski definition) is 0. The van der Waals surface area contributed by atoms with Crippen LogP contribution in [0.2, 0.25) is 5.15 Å². The molecule has 0 saturated carbocycles. The van der Waals surface area contributed by atoms with Crippen molar-refractivity contribution in [3.05, 3.63) is 39.4 Å². The molecule has 0 spiro atoms. The average Bonchev–Trinajstić information content (AvgIpc) is 2.67. The first kappa shape index (κ1) is 19.8. The van der Waals surface area contributed by atoms with Gasteiger partial charge in [-0.1, -0.05) is 24.0 Å². The zero-order valence-corrected chi connectivity index (χ0v) is 16.6. The standard InChI is InChI=1S/C19H23BClN3O3/c1-4-13(11-26-2)24-10-16(21)22-18(19(24)25)23-7-5-6-12-8-14(27-3)9-15(20)17(12)23/h8-10,13H,4-7,11H2,1-3H3/t13-/m0/s1. The first-order valence-electron chi connectivity index (χ1n) is 9.01. The van der Waals surface area contributed by atoms with Crippen molar-refractivity contribution in [2.45, 2.75) is 32.2 Å². The van der Waals surface area contributed by atoms with Crippen molar-refractivity contribution >= 4 is 36.4 Å². The molecule has 0 saturated heterocycles. The second kappa shape index (κ2) is 8.36. The van der Waals surface area contributed by atoms with Gasteiger partial charge in [-0.05, 0) is 37.0 Å². The van der Waals surface area contributed by atoms with E-state index < -0.39 is 0 Å². The molecule has 27 heavy (non-hydrogen) atoms. The number of ether oxygens (including phenoxy) is 2. The third-order valence-electron chi connectivity index (χ3n) is 4.89. The number of benzene rings is 1. The monoisotopic (exact) mass is 387 g/mol. The normalized spacial score (nSPS) is 14.7. The number of halogens is 1. The summed E-state index contributed by atoms with van der Waals surface area (Å²) < 4.78 is 12.2. The minimum atomic E-state index is -0.202. The smallest absolute Gasteiger partial charge is 0.294 e. The Kier molecular flexibility index (Phi) is 6.12. The molecule has 0 amide bonds. The lowest BCUT2D eigenvalue weighted by Crippen LogP contribution is -2.38. The van der Waals surface area contributed by atoms with Crippen LogP contribution in [0.25, 0.3) is 0 Å². The van der Waals surface area contributed by atoms with Crippen LogP contribution in [0.5, 0.6) is 5.75 Å². The van der Waals surface area contributed by atoms with Gasteiger partial charge >= 0.3 is 0 Å². The minimum absolute atomic E-state index is 0.112. The molecule has 1 aromatic heterocycles. The molecule has 1 aliphatic rings. The van der Waals surface area contributed by atoms with Gasteiger partial charge in [0.2, 0.25) is 5.82 Å². The molecule has 1 aliphatic heterocycles. The molecule has 0 bridgehead atoms. The highest BCUT2D eigenvalue weighted by Crippen LogP contribution is 2.32. The number of aromatic nitrogens is 2. The number of rotatable bonds is 6. The number of fused-ring (bicyclic) bond motifs is 1. The maximum absolute atomic E-state index is 13.2. The number of anilines is 2. The molecule has 8 heteroatoms. The highest BCUT2D eigenvalue weighted by atomic mass is 35.5. The molecular formula is C19H23BClN3O3. The van der Waals surface area contributed by atoms with Gasteiger partial charge in [-0.2, -0.15) is 0 Å². The molecule has 2 heterocycles. The van der Waals surface area contributed by atoms with E-state index in [4.69, 9.17) is 28.9 Å². The Bertz CT molecular complexity index is 887. The van der Waals surface area contributed by atoms with Crippen LogP contribution in [0.1, 0.15) is 31.4 Å². The first-order valence-corrected chi connectivity index (χ1v) is 9.39. The van der Waals surface area contributed by atoms with Crippen LogP contribution in [0, 0.1) is 0 Å². The molecular weight excluding hydrogens is 364 g/mol. The molecule has 2 aromatic rings. The quantitative estimate of drug-likeness (QED) is 0.712. The summed E-state index contributed by atoms with van der Waals surface area (Å²) in [4.78, 5) is 19.4. The van der Waals surface area contributed by atoms with E-state index in [0.717, 1.165) is 30.5 Å². The fourth-order valence-corrected chi connectivity index (χ4v) is 3.76. The van der Waals surface area contributed by atoms with Crippen LogP contribution in [0.4, 0.5) is 11.5 Å². The lowest BCUT2D eigenvalue weighted by Gasteiger charge is -2.32. The van der Waals surface area contributed by atoms with Gasteiger partial charge in [0, 0.05) is 25.5 Å². The zero-order valence-electron chi connectivity index (χ0n) is 15.9. The van der Waals surface area contributed by atoms with E-state index in [1.165, 1.54) is 0 Å². The first-order chi connectivity index (χ1) is 13.0. The lowest BCUT2D eigenvalue weighted by molar-refractivity contribution is 0.151. The highest BCUT2D eigenvalue weighted by Gasteiger charge is 2.26. The summed E-state index contributed by atoms with van der Waals surface area (Å²) in [6.45, 7) is 3.07. The second-order valence-corrected chi connectivity index (χ2v) is 6.98. The molecule has 142 valence electrons. The van der Waals surface area contributed by atoms with Gasteiger partial charge in [-0.25, -0.2) is 4.98 Å². The summed E-state index contributed by atoms with van der Waals surface area (Å²) in [6, 6.07) is 3.61. The van der Waals surface area contributed by atoms with Crippen molar-refractivity contribution in [1.29, 1.82) is 0 Å². The van der Waals surface area contributed by atoms with Crippen molar-refractivity contribution < 1.29 is 9.47 Å². The molecule has 1 atom stereocenters. The molecule has 1 aromatic carbocycles. The molecule has 2 radical (unpaired) electrons. The third-order valence-corrected chi connectivity index (χ3v) is 5.07. The third kappa shape index (κ3) is 3.85. The lowest BCUT2D eigenvalue weighted by atomic mass is 9.87. The fraction of sp³-hybridized carbons (Fsp3) is 0.474. The Morgan fingerprint density at radius 3 is 2.81 bits per heavy atom. The Morgan fingerprint density at radius 2 is 2.15 bits per heavy atom. The number of hydrogen-bond acceptors (Lipinski definition) is 5. The van der Waals surface area contributed by atoms with Gasteiger partial charge in [0.05, 0.1) is 19.8 Å². The van der Waals surface area contributed by atoms with Crippen molar-refractivity contribution in [3.63, 3.8) is 0 Å². The predicted molar refractivity (Wildman–Crippen MR) is 108 cm³/mol. The largest absolute Gasteiger partial charge is 0.497 e. The Hall–Kier alpha value is -1.99. The zero-order chi connectivity index (χ0) is 19.6. The van der Waals surface area contributed by atoms with Gasteiger partial charge in [-0.15, -0.1) is 0 Å². The van der Waals surface area contributed by atoms with Crippen LogP contribution in [-0.4, -0.2) is 44.8 Å². The molecule has 0 aliphatic carbocycles. The van der Waals surface area contributed by atoms with Gasteiger partial charge in [-0.3, -0.25) is 4.79 Å². The van der Waals surface area contributed by atoms with Crippen LogP contribution >= 0.6 is 11.6 Å². The van der Waals surface area contributed by atoms with Crippen molar-refractivity contribution in [1.82, 2.24) is 9.55 Å². The van der Waals surface area contributed by atoms with Crippen molar-refractivity contribution in [2.75, 3.05) is 32.3 Å². The van der Waals surface area contributed by atoms with Crippen molar-refractivity contribution in [2.24, 2.45) is 0 Å². The van der Waals surface area contributed by atoms with Gasteiger partial charge < -0.3 is 18.9 Å². The summed E-state index contributed by atoms with van der Waals surface area (Å²) in [6.07, 6.45) is 4.05. The van der Waals surface area contributed by atoms with E-state index in [2.05, 4.69) is 4.98 Å². The minimum Gasteiger partial charge on any atom is -0.497 e. The topological polar surface area (TPSA) is 56.6 Å². The summed E-state index contributed by atoms with van der Waals surface area (Å²) >= 11 is 6.27. The van der Waals surface area contributed by atoms with E-state index >= 15 is 0 Å². The highest BCUT2D eigenvalue weighted by molar-refractivity contribution is 6.36. The van der Waals surface area contributed by atoms with E-state index in [-0.39, 0.29) is 22.6 Å². The van der Waals surface area contributed by atoms with Crippen molar-refractivity contribution in [3.8, 4) is 5.75 Å². The number of methoxy groups -OCH3 is 2. The summed E-state index contributed by atoms with van der Waals surface area (Å²) in [5.41, 5.74) is 2.20. The number of aryl methyl sites for hydroxylation is 1. The summed E-state index contributed by atoms with van der Waals surface area (Å²) in [5.74, 6) is 0.991. The maximum atomic E-state index is 13.2. The fourth-order valence-electron chi connectivity index (χ4n) is 3.58. The predicted octanol–water partition coefficient (Wildman–Crippen LogP) is 2.38. The molecule has 0 fully saturated rings. The molecule has 0 N–H and O–H groups in total. The molecule has 0 unspecified atom stereocenters. The van der Waals surface area contributed by atoms with Gasteiger partial charge in [0.15, 0.2) is 0 Å². The average molecular weight is 388 g/mol. The molecule has 3 rings (SSSR count). The summed E-state index contributed by atoms with van der Waals surface area (Å²) in [5, 5.41) is 0.262. The van der Waals surface area contributed by atoms with Crippen LogP contribution in [0.15, 0.2) is 23.1 Å². The van der Waals surface area contributed by atoms with E-state index in [1.54, 1.807) is 31.0 Å². The van der Waals surface area contributed by atoms with Crippen LogP contribution < -0.4 is 20.7 Å². The van der Waals surface area contributed by atoms with E-state index in [0.29, 0.717) is 24.4 Å². The Labute approximate surface area is 165 Å².